The molecule has 2 N–H and O–H groups in total. The highest BCUT2D eigenvalue weighted by atomic mass is 16.4. The zero-order valence-electron chi connectivity index (χ0n) is 11.3. The van der Waals surface area contributed by atoms with Crippen molar-refractivity contribution < 1.29 is 14.7 Å². The van der Waals surface area contributed by atoms with E-state index in [1.54, 1.807) is 0 Å². The number of aliphatic carboxylic acids is 1. The van der Waals surface area contributed by atoms with Crippen molar-refractivity contribution in [3.05, 3.63) is 0 Å². The van der Waals surface area contributed by atoms with E-state index in [1.165, 1.54) is 19.3 Å². The van der Waals surface area contributed by atoms with E-state index in [0.29, 0.717) is 12.3 Å². The van der Waals surface area contributed by atoms with E-state index in [-0.39, 0.29) is 18.4 Å². The highest BCUT2D eigenvalue weighted by molar-refractivity contribution is 5.77. The minimum Gasteiger partial charge on any atom is -0.481 e. The van der Waals surface area contributed by atoms with Gasteiger partial charge in [-0.2, -0.15) is 0 Å². The number of amides is 1. The van der Waals surface area contributed by atoms with E-state index in [4.69, 9.17) is 5.11 Å². The molecule has 0 radical (unpaired) electrons. The van der Waals surface area contributed by atoms with E-state index in [9.17, 15) is 9.59 Å². The van der Waals surface area contributed by atoms with Crippen LogP contribution in [-0.4, -0.2) is 23.0 Å². The predicted octanol–water partition coefficient (Wildman–Crippen LogP) is 2.72. The quantitative estimate of drug-likeness (QED) is 0.735. The number of carboxylic acid groups (broad SMARTS) is 1. The van der Waals surface area contributed by atoms with Crippen molar-refractivity contribution in [1.29, 1.82) is 0 Å². The zero-order chi connectivity index (χ0) is 13.4. The second kappa shape index (κ2) is 8.11. The first-order valence-corrected chi connectivity index (χ1v) is 7.13. The lowest BCUT2D eigenvalue weighted by atomic mass is 9.87. The average Bonchev–Trinajstić information content (AvgIpc) is 2.29. The van der Waals surface area contributed by atoms with Crippen molar-refractivity contribution in [3.8, 4) is 0 Å². The summed E-state index contributed by atoms with van der Waals surface area (Å²) >= 11 is 0. The molecule has 1 aliphatic rings. The minimum absolute atomic E-state index is 0.0293. The largest absolute Gasteiger partial charge is 0.481 e. The monoisotopic (exact) mass is 255 g/mol. The highest BCUT2D eigenvalue weighted by Gasteiger charge is 2.20. The molecule has 1 atom stereocenters. The van der Waals surface area contributed by atoms with Gasteiger partial charge in [-0.3, -0.25) is 9.59 Å². The second-order valence-electron chi connectivity index (χ2n) is 5.36. The summed E-state index contributed by atoms with van der Waals surface area (Å²) in [5.74, 6) is -0.307. The molecule has 0 aromatic carbocycles. The van der Waals surface area contributed by atoms with Gasteiger partial charge in [0.15, 0.2) is 0 Å². The van der Waals surface area contributed by atoms with Crippen LogP contribution in [0.4, 0.5) is 0 Å². The third-order valence-electron chi connectivity index (χ3n) is 3.62. The van der Waals surface area contributed by atoms with Gasteiger partial charge in [-0.05, 0) is 25.2 Å². The first kappa shape index (κ1) is 15.0. The van der Waals surface area contributed by atoms with Gasteiger partial charge < -0.3 is 10.4 Å². The van der Waals surface area contributed by atoms with Crippen LogP contribution in [0, 0.1) is 5.92 Å². The molecule has 0 aliphatic heterocycles. The summed E-state index contributed by atoms with van der Waals surface area (Å²) in [7, 11) is 0. The number of hydrogen-bond donors (Lipinski definition) is 2. The Bertz CT molecular complexity index is 272. The predicted molar refractivity (Wildman–Crippen MR) is 70.3 cm³/mol. The SMILES string of the molecule is CCCC(CC(=O)O)NC(=O)CC1CCCCC1. The van der Waals surface area contributed by atoms with E-state index < -0.39 is 5.97 Å². The summed E-state index contributed by atoms with van der Waals surface area (Å²) in [6, 6.07) is -0.205. The van der Waals surface area contributed by atoms with Gasteiger partial charge in [0.1, 0.15) is 0 Å². The number of carbonyl (C=O) groups excluding carboxylic acids is 1. The number of carboxylic acids is 1. The fraction of sp³-hybridized carbons (Fsp3) is 0.857. The molecule has 0 aromatic heterocycles. The first-order valence-electron chi connectivity index (χ1n) is 7.13. The van der Waals surface area contributed by atoms with E-state index in [1.807, 2.05) is 6.92 Å². The Balaban J connectivity index is 2.32. The van der Waals surface area contributed by atoms with Crippen LogP contribution in [0.25, 0.3) is 0 Å². The lowest BCUT2D eigenvalue weighted by Crippen LogP contribution is -2.37. The summed E-state index contributed by atoms with van der Waals surface area (Å²) in [6.45, 7) is 2.00. The molecule has 104 valence electrons. The Kier molecular flexibility index (Phi) is 6.76. The molecule has 0 bridgehead atoms. The van der Waals surface area contributed by atoms with E-state index in [0.717, 1.165) is 25.7 Å². The maximum Gasteiger partial charge on any atom is 0.305 e. The van der Waals surface area contributed by atoms with Crippen LogP contribution >= 0.6 is 0 Å². The van der Waals surface area contributed by atoms with Crippen LogP contribution in [0.15, 0.2) is 0 Å². The van der Waals surface area contributed by atoms with Gasteiger partial charge in [0.2, 0.25) is 5.91 Å². The smallest absolute Gasteiger partial charge is 0.305 e. The Morgan fingerprint density at radius 2 is 1.94 bits per heavy atom. The van der Waals surface area contributed by atoms with Gasteiger partial charge in [0.25, 0.3) is 0 Å². The fourth-order valence-corrected chi connectivity index (χ4v) is 2.72. The van der Waals surface area contributed by atoms with Gasteiger partial charge in [-0.1, -0.05) is 32.6 Å². The van der Waals surface area contributed by atoms with Crippen LogP contribution in [0.3, 0.4) is 0 Å². The van der Waals surface area contributed by atoms with Crippen molar-refractivity contribution in [1.82, 2.24) is 5.32 Å². The number of carbonyl (C=O) groups is 2. The summed E-state index contributed by atoms with van der Waals surface area (Å²) in [4.78, 5) is 22.6. The van der Waals surface area contributed by atoms with Crippen molar-refractivity contribution in [2.24, 2.45) is 5.92 Å². The van der Waals surface area contributed by atoms with Gasteiger partial charge in [-0.25, -0.2) is 0 Å². The molecule has 0 spiro atoms. The normalized spacial score (nSPS) is 18.3. The van der Waals surface area contributed by atoms with Crippen molar-refractivity contribution >= 4 is 11.9 Å². The lowest BCUT2D eigenvalue weighted by Gasteiger charge is -2.22. The molecular weight excluding hydrogens is 230 g/mol. The summed E-state index contributed by atoms with van der Waals surface area (Å²) in [6.07, 6.45) is 8.26. The minimum atomic E-state index is -0.841. The van der Waals surface area contributed by atoms with Crippen molar-refractivity contribution in [3.63, 3.8) is 0 Å². The summed E-state index contributed by atoms with van der Waals surface area (Å²) in [5.41, 5.74) is 0. The zero-order valence-corrected chi connectivity index (χ0v) is 11.3. The molecule has 1 saturated carbocycles. The maximum atomic E-state index is 11.9. The van der Waals surface area contributed by atoms with Crippen molar-refractivity contribution in [2.75, 3.05) is 0 Å². The number of rotatable bonds is 7. The van der Waals surface area contributed by atoms with Crippen LogP contribution in [0.2, 0.25) is 0 Å². The molecular formula is C14H25NO3. The maximum absolute atomic E-state index is 11.9. The van der Waals surface area contributed by atoms with Gasteiger partial charge in [-0.15, -0.1) is 0 Å². The number of nitrogens with one attached hydrogen (secondary N) is 1. The fourth-order valence-electron chi connectivity index (χ4n) is 2.72. The van der Waals surface area contributed by atoms with E-state index in [2.05, 4.69) is 5.32 Å². The summed E-state index contributed by atoms with van der Waals surface area (Å²) < 4.78 is 0. The molecule has 1 amide bonds. The van der Waals surface area contributed by atoms with Gasteiger partial charge in [0, 0.05) is 12.5 Å². The first-order chi connectivity index (χ1) is 8.61. The Hall–Kier alpha value is -1.06. The van der Waals surface area contributed by atoms with E-state index >= 15 is 0 Å². The number of hydrogen-bond acceptors (Lipinski definition) is 2. The summed E-state index contributed by atoms with van der Waals surface area (Å²) in [5, 5.41) is 11.7. The molecule has 4 heteroatoms. The van der Waals surface area contributed by atoms with Gasteiger partial charge in [0.05, 0.1) is 6.42 Å². The van der Waals surface area contributed by atoms with Gasteiger partial charge >= 0.3 is 5.97 Å². The molecule has 1 fully saturated rings. The van der Waals surface area contributed by atoms with Crippen LogP contribution in [0.5, 0.6) is 0 Å². The third-order valence-corrected chi connectivity index (χ3v) is 3.62. The molecule has 0 heterocycles. The molecule has 1 aliphatic carbocycles. The Morgan fingerprint density at radius 3 is 2.50 bits per heavy atom. The standard InChI is InChI=1S/C14H25NO3/c1-2-6-12(10-14(17)18)15-13(16)9-11-7-4-3-5-8-11/h11-12H,2-10H2,1H3,(H,15,16)(H,17,18). The van der Waals surface area contributed by atoms with Crippen LogP contribution < -0.4 is 5.32 Å². The lowest BCUT2D eigenvalue weighted by molar-refractivity contribution is -0.137. The molecule has 1 unspecified atom stereocenters. The molecule has 4 nitrogen and oxygen atoms in total. The van der Waals surface area contributed by atoms with Crippen molar-refractivity contribution in [2.45, 2.75) is 70.8 Å². The topological polar surface area (TPSA) is 66.4 Å². The second-order valence-corrected chi connectivity index (χ2v) is 5.36. The highest BCUT2D eigenvalue weighted by Crippen LogP contribution is 2.26. The molecule has 18 heavy (non-hydrogen) atoms. The Labute approximate surface area is 109 Å². The van der Waals surface area contributed by atoms with Crippen LogP contribution in [-0.2, 0) is 9.59 Å². The van der Waals surface area contributed by atoms with Crippen LogP contribution in [0.1, 0.15) is 64.7 Å². The average molecular weight is 255 g/mol. The molecule has 1 rings (SSSR count). The molecule has 0 saturated heterocycles. The Morgan fingerprint density at radius 1 is 1.28 bits per heavy atom. The molecule has 0 aromatic rings. The third kappa shape index (κ3) is 6.03.